The van der Waals surface area contributed by atoms with E-state index in [1.807, 2.05) is 0 Å². The summed E-state index contributed by atoms with van der Waals surface area (Å²) in [5.41, 5.74) is 3.74. The summed E-state index contributed by atoms with van der Waals surface area (Å²) < 4.78 is 44.1. The van der Waals surface area contributed by atoms with Gasteiger partial charge in [0, 0.05) is 11.6 Å². The second-order valence-corrected chi connectivity index (χ2v) is 5.48. The molecule has 0 aliphatic carbocycles. The van der Waals surface area contributed by atoms with Crippen molar-refractivity contribution in [1.29, 1.82) is 15.8 Å². The standard InChI is InChI=1S/C18H8ClF3N4O/c19-15-3-1-12(18(20,21)22)6-14(15)16-4-2-13(27-16)5-10(7-23)17(26)11(8-24)9-25/h1-6H,26H2/b10-5+. The van der Waals surface area contributed by atoms with Crippen molar-refractivity contribution < 1.29 is 17.6 Å². The molecule has 9 heteroatoms. The molecule has 0 saturated carbocycles. The zero-order valence-electron chi connectivity index (χ0n) is 13.3. The van der Waals surface area contributed by atoms with Crippen LogP contribution in [0.4, 0.5) is 13.2 Å². The number of rotatable bonds is 3. The SMILES string of the molecule is N#CC(C#N)=C(N)/C(C#N)=C/c1ccc(-c2cc(C(F)(F)F)ccc2Cl)o1. The molecule has 0 unspecified atom stereocenters. The van der Waals surface area contributed by atoms with Crippen LogP contribution in [0.3, 0.4) is 0 Å². The second kappa shape index (κ2) is 7.70. The molecule has 0 radical (unpaired) electrons. The number of allylic oxidation sites excluding steroid dienone is 2. The third-order valence-corrected chi connectivity index (χ3v) is 3.71. The third-order valence-electron chi connectivity index (χ3n) is 3.38. The minimum absolute atomic E-state index is 0.0166. The van der Waals surface area contributed by atoms with Crippen LogP contribution in [0.15, 0.2) is 51.6 Å². The zero-order valence-corrected chi connectivity index (χ0v) is 14.1. The first-order chi connectivity index (χ1) is 12.7. The summed E-state index contributed by atoms with van der Waals surface area (Å²) in [7, 11) is 0. The van der Waals surface area contributed by atoms with Gasteiger partial charge in [0.2, 0.25) is 0 Å². The summed E-state index contributed by atoms with van der Waals surface area (Å²) in [6.07, 6.45) is -3.39. The lowest BCUT2D eigenvalue weighted by Gasteiger charge is -2.09. The van der Waals surface area contributed by atoms with Crippen molar-refractivity contribution in [2.75, 3.05) is 0 Å². The van der Waals surface area contributed by atoms with Gasteiger partial charge in [-0.25, -0.2) is 0 Å². The topological polar surface area (TPSA) is 111 Å². The fourth-order valence-corrected chi connectivity index (χ4v) is 2.27. The van der Waals surface area contributed by atoms with Gasteiger partial charge in [-0.05, 0) is 30.3 Å². The summed E-state index contributed by atoms with van der Waals surface area (Å²) >= 11 is 5.96. The van der Waals surface area contributed by atoms with Crippen molar-refractivity contribution in [1.82, 2.24) is 0 Å². The van der Waals surface area contributed by atoms with Gasteiger partial charge in [0.15, 0.2) is 5.57 Å². The molecule has 1 aromatic heterocycles. The monoisotopic (exact) mass is 388 g/mol. The molecule has 27 heavy (non-hydrogen) atoms. The second-order valence-electron chi connectivity index (χ2n) is 5.08. The van der Waals surface area contributed by atoms with E-state index < -0.39 is 17.3 Å². The van der Waals surface area contributed by atoms with E-state index in [0.29, 0.717) is 0 Å². The van der Waals surface area contributed by atoms with Gasteiger partial charge in [-0.2, -0.15) is 29.0 Å². The van der Waals surface area contributed by atoms with Gasteiger partial charge < -0.3 is 10.2 Å². The molecule has 0 atom stereocenters. The van der Waals surface area contributed by atoms with Crippen molar-refractivity contribution in [3.05, 3.63) is 63.5 Å². The molecule has 0 saturated heterocycles. The molecule has 0 spiro atoms. The predicted molar refractivity (Wildman–Crippen MR) is 90.2 cm³/mol. The highest BCUT2D eigenvalue weighted by Gasteiger charge is 2.31. The quantitative estimate of drug-likeness (QED) is 0.600. The van der Waals surface area contributed by atoms with Gasteiger partial charge in [0.1, 0.15) is 29.7 Å². The third kappa shape index (κ3) is 4.30. The van der Waals surface area contributed by atoms with E-state index in [1.54, 1.807) is 18.2 Å². The Morgan fingerprint density at radius 1 is 1.07 bits per heavy atom. The maximum Gasteiger partial charge on any atom is 0.416 e. The van der Waals surface area contributed by atoms with E-state index in [2.05, 4.69) is 0 Å². The lowest BCUT2D eigenvalue weighted by atomic mass is 10.1. The lowest BCUT2D eigenvalue weighted by molar-refractivity contribution is -0.137. The van der Waals surface area contributed by atoms with E-state index in [1.165, 1.54) is 12.1 Å². The number of halogens is 4. The lowest BCUT2D eigenvalue weighted by Crippen LogP contribution is -2.04. The Hall–Kier alpha value is -3.67. The molecule has 2 rings (SSSR count). The first kappa shape index (κ1) is 19.7. The van der Waals surface area contributed by atoms with Crippen molar-refractivity contribution in [3.63, 3.8) is 0 Å². The average Bonchev–Trinajstić information content (AvgIpc) is 3.08. The number of furan rings is 1. The number of nitrogens with two attached hydrogens (primary N) is 1. The van der Waals surface area contributed by atoms with Crippen LogP contribution < -0.4 is 5.73 Å². The molecule has 0 bridgehead atoms. The number of benzene rings is 1. The molecule has 2 aromatic rings. The van der Waals surface area contributed by atoms with Crippen molar-refractivity contribution in [2.45, 2.75) is 6.18 Å². The molecule has 2 N–H and O–H groups in total. The summed E-state index contributed by atoms with van der Waals surface area (Å²) in [4.78, 5) is 0. The van der Waals surface area contributed by atoms with Crippen LogP contribution in [0, 0.1) is 34.0 Å². The number of alkyl halides is 3. The Labute approximate surface area is 156 Å². The Bertz CT molecular complexity index is 1060. The molecular formula is C18H8ClF3N4O. The zero-order chi connectivity index (χ0) is 20.2. The van der Waals surface area contributed by atoms with E-state index in [0.717, 1.165) is 24.3 Å². The van der Waals surface area contributed by atoms with Gasteiger partial charge in [0.05, 0.1) is 21.9 Å². The van der Waals surface area contributed by atoms with Gasteiger partial charge in [-0.15, -0.1) is 0 Å². The van der Waals surface area contributed by atoms with Crippen molar-refractivity contribution >= 4 is 17.7 Å². The van der Waals surface area contributed by atoms with E-state index in [4.69, 9.17) is 37.5 Å². The Kier molecular flexibility index (Phi) is 5.60. The van der Waals surface area contributed by atoms with Crippen LogP contribution in [0.5, 0.6) is 0 Å². The first-order valence-corrected chi connectivity index (χ1v) is 7.48. The van der Waals surface area contributed by atoms with Crippen LogP contribution >= 0.6 is 11.6 Å². The molecule has 134 valence electrons. The van der Waals surface area contributed by atoms with Crippen LogP contribution in [0.2, 0.25) is 5.02 Å². The van der Waals surface area contributed by atoms with E-state index in [9.17, 15) is 13.2 Å². The fourth-order valence-electron chi connectivity index (χ4n) is 2.06. The van der Waals surface area contributed by atoms with Gasteiger partial charge in [-0.1, -0.05) is 11.6 Å². The minimum Gasteiger partial charge on any atom is -0.457 e. The summed E-state index contributed by atoms with van der Waals surface area (Å²) in [6, 6.07) is 10.4. The van der Waals surface area contributed by atoms with E-state index >= 15 is 0 Å². The molecule has 1 heterocycles. The normalized spacial score (nSPS) is 11.2. The fraction of sp³-hybridized carbons (Fsp3) is 0.0556. The van der Waals surface area contributed by atoms with Gasteiger partial charge in [0.25, 0.3) is 0 Å². The smallest absolute Gasteiger partial charge is 0.416 e. The molecular weight excluding hydrogens is 381 g/mol. The molecule has 0 aliphatic heterocycles. The minimum atomic E-state index is -4.55. The molecule has 5 nitrogen and oxygen atoms in total. The Morgan fingerprint density at radius 3 is 2.30 bits per heavy atom. The van der Waals surface area contributed by atoms with Crippen LogP contribution in [-0.2, 0) is 6.18 Å². The van der Waals surface area contributed by atoms with Crippen LogP contribution in [0.25, 0.3) is 17.4 Å². The average molecular weight is 389 g/mol. The van der Waals surface area contributed by atoms with E-state index in [-0.39, 0.29) is 33.4 Å². The number of nitriles is 3. The Morgan fingerprint density at radius 2 is 1.74 bits per heavy atom. The summed E-state index contributed by atoms with van der Waals surface area (Å²) in [5.74, 6) is 0.117. The van der Waals surface area contributed by atoms with Gasteiger partial charge in [-0.3, -0.25) is 0 Å². The molecule has 0 fully saturated rings. The summed E-state index contributed by atoms with van der Waals surface area (Å²) in [6.45, 7) is 0. The largest absolute Gasteiger partial charge is 0.457 e. The number of hydrogen-bond donors (Lipinski definition) is 1. The maximum atomic E-state index is 12.9. The van der Waals surface area contributed by atoms with Crippen molar-refractivity contribution in [2.24, 2.45) is 5.73 Å². The maximum absolute atomic E-state index is 12.9. The van der Waals surface area contributed by atoms with Crippen LogP contribution in [-0.4, -0.2) is 0 Å². The van der Waals surface area contributed by atoms with Gasteiger partial charge >= 0.3 is 6.18 Å². The number of hydrogen-bond acceptors (Lipinski definition) is 5. The predicted octanol–water partition coefficient (Wildman–Crippen LogP) is 4.79. The molecule has 1 aromatic carbocycles. The summed E-state index contributed by atoms with van der Waals surface area (Å²) in [5, 5.41) is 26.8. The molecule has 0 amide bonds. The molecule has 0 aliphatic rings. The Balaban J connectivity index is 2.50. The highest BCUT2D eigenvalue weighted by Crippen LogP contribution is 2.36. The first-order valence-electron chi connectivity index (χ1n) is 7.10. The van der Waals surface area contributed by atoms with Crippen LogP contribution in [0.1, 0.15) is 11.3 Å². The highest BCUT2D eigenvalue weighted by atomic mass is 35.5. The highest BCUT2D eigenvalue weighted by molar-refractivity contribution is 6.33. The number of nitrogens with zero attached hydrogens (tertiary/aromatic N) is 3. The van der Waals surface area contributed by atoms with Crippen molar-refractivity contribution in [3.8, 4) is 29.5 Å².